The van der Waals surface area contributed by atoms with Crippen molar-refractivity contribution in [3.63, 3.8) is 0 Å². The molecule has 280 valence electrons. The number of nitrogens with zero attached hydrogens (tertiary/aromatic N) is 3. The van der Waals surface area contributed by atoms with Gasteiger partial charge in [-0.25, -0.2) is 9.97 Å². The zero-order valence-electron chi connectivity index (χ0n) is 32.9. The fourth-order valence-electron chi connectivity index (χ4n) is 9.75. The third kappa shape index (κ3) is 5.40. The van der Waals surface area contributed by atoms with Gasteiger partial charge in [0.05, 0.1) is 22.4 Å². The maximum absolute atomic E-state index is 5.15. The smallest absolute Gasteiger partial charge is 0.160 e. The molecule has 0 amide bonds. The molecule has 0 radical (unpaired) electrons. The minimum atomic E-state index is 0.00629. The van der Waals surface area contributed by atoms with Gasteiger partial charge in [0.2, 0.25) is 0 Å². The van der Waals surface area contributed by atoms with E-state index in [1.54, 1.807) is 5.57 Å². The second-order valence-electron chi connectivity index (χ2n) is 16.5. The van der Waals surface area contributed by atoms with Crippen molar-refractivity contribution < 1.29 is 0 Å². The molecule has 3 nitrogen and oxygen atoms in total. The monoisotopic (exact) mass is 773 g/mol. The van der Waals surface area contributed by atoms with Crippen LogP contribution >= 0.6 is 11.3 Å². The van der Waals surface area contributed by atoms with Gasteiger partial charge < -0.3 is 4.57 Å². The van der Waals surface area contributed by atoms with Crippen molar-refractivity contribution in [1.82, 2.24) is 14.5 Å². The summed E-state index contributed by atoms with van der Waals surface area (Å²) in [7, 11) is 0. The Bertz CT molecular complexity index is 3330. The number of hydrogen-bond donors (Lipinski definition) is 0. The van der Waals surface area contributed by atoms with Crippen LogP contribution in [0.1, 0.15) is 37.8 Å². The first-order valence-electron chi connectivity index (χ1n) is 20.5. The predicted octanol–water partition coefficient (Wildman–Crippen LogP) is 15.0. The van der Waals surface area contributed by atoms with E-state index in [0.29, 0.717) is 0 Å². The number of aromatic nitrogens is 3. The van der Waals surface area contributed by atoms with E-state index in [1.807, 2.05) is 23.5 Å². The Morgan fingerprint density at radius 3 is 1.78 bits per heavy atom. The molecule has 0 unspecified atom stereocenters. The van der Waals surface area contributed by atoms with E-state index in [1.165, 1.54) is 75.5 Å². The van der Waals surface area contributed by atoms with Gasteiger partial charge in [-0.05, 0) is 113 Å². The van der Waals surface area contributed by atoms with E-state index >= 15 is 0 Å². The fourth-order valence-corrected chi connectivity index (χ4v) is 10.8. The summed E-state index contributed by atoms with van der Waals surface area (Å²) in [4.78, 5) is 10.3. The van der Waals surface area contributed by atoms with Gasteiger partial charge in [-0.3, -0.25) is 0 Å². The summed E-state index contributed by atoms with van der Waals surface area (Å²) in [5.74, 6) is 0.726. The van der Waals surface area contributed by atoms with E-state index in [9.17, 15) is 0 Å². The molecule has 0 spiro atoms. The number of thiophene rings is 1. The predicted molar refractivity (Wildman–Crippen MR) is 249 cm³/mol. The van der Waals surface area contributed by atoms with Crippen molar-refractivity contribution in [1.29, 1.82) is 0 Å². The first kappa shape index (κ1) is 34.2. The maximum atomic E-state index is 5.15. The molecule has 4 heteroatoms. The highest BCUT2D eigenvalue weighted by atomic mass is 32.1. The zero-order valence-corrected chi connectivity index (χ0v) is 33.7. The van der Waals surface area contributed by atoms with E-state index in [4.69, 9.17) is 9.97 Å². The molecule has 2 aliphatic carbocycles. The molecule has 0 bridgehead atoms. The summed E-state index contributed by atoms with van der Waals surface area (Å²) < 4.78 is 4.99. The van der Waals surface area contributed by atoms with Crippen LogP contribution in [0.2, 0.25) is 0 Å². The molecule has 0 saturated heterocycles. The average Bonchev–Trinajstić information content (AvgIpc) is 3.90. The van der Waals surface area contributed by atoms with Crippen molar-refractivity contribution >= 4 is 58.9 Å². The van der Waals surface area contributed by atoms with Crippen molar-refractivity contribution in [2.24, 2.45) is 0 Å². The second-order valence-corrected chi connectivity index (χ2v) is 17.6. The molecule has 2 aliphatic rings. The summed E-state index contributed by atoms with van der Waals surface area (Å²) in [6.07, 6.45) is 6.97. The van der Waals surface area contributed by atoms with E-state index < -0.39 is 0 Å². The lowest BCUT2D eigenvalue weighted by Crippen LogP contribution is -2.17. The van der Waals surface area contributed by atoms with Gasteiger partial charge in [-0.2, -0.15) is 0 Å². The van der Waals surface area contributed by atoms with Crippen molar-refractivity contribution in [3.05, 3.63) is 193 Å². The molecule has 7 aromatic carbocycles. The second kappa shape index (κ2) is 13.1. The molecule has 12 rings (SSSR count). The number of para-hydroxylation sites is 1. The molecule has 10 aromatic rings. The topological polar surface area (TPSA) is 30.7 Å². The third-order valence-electron chi connectivity index (χ3n) is 12.7. The Balaban J connectivity index is 1.01. The number of rotatable bonds is 5. The van der Waals surface area contributed by atoms with E-state index in [2.05, 4.69) is 182 Å². The lowest BCUT2D eigenvalue weighted by Gasteiger charge is -2.25. The summed E-state index contributed by atoms with van der Waals surface area (Å²) in [6.45, 7) is 4.83. The average molecular weight is 774 g/mol. The Labute approximate surface area is 347 Å². The Morgan fingerprint density at radius 1 is 0.525 bits per heavy atom. The Kier molecular flexibility index (Phi) is 7.57. The van der Waals surface area contributed by atoms with Gasteiger partial charge in [-0.1, -0.05) is 123 Å². The summed E-state index contributed by atoms with van der Waals surface area (Å²) in [6, 6.07) is 59.5. The van der Waals surface area contributed by atoms with Crippen molar-refractivity contribution in [2.75, 3.05) is 0 Å². The van der Waals surface area contributed by atoms with E-state index in [-0.39, 0.29) is 5.41 Å². The van der Waals surface area contributed by atoms with Crippen LogP contribution in [0, 0.1) is 0 Å². The first-order chi connectivity index (χ1) is 29.0. The van der Waals surface area contributed by atoms with Crippen LogP contribution in [0.4, 0.5) is 0 Å². The molecular weight excluding hydrogens is 735 g/mol. The summed E-state index contributed by atoms with van der Waals surface area (Å²) >= 11 is 1.84. The maximum Gasteiger partial charge on any atom is 0.160 e. The zero-order chi connectivity index (χ0) is 39.2. The number of benzene rings is 7. The van der Waals surface area contributed by atoms with Crippen LogP contribution in [-0.4, -0.2) is 14.5 Å². The molecule has 3 heterocycles. The van der Waals surface area contributed by atoms with Gasteiger partial charge in [0, 0.05) is 58.7 Å². The number of fused-ring (bicyclic) bond motifs is 8. The number of hydrogen-bond acceptors (Lipinski definition) is 3. The quantitative estimate of drug-likeness (QED) is 0.174. The van der Waals surface area contributed by atoms with Crippen LogP contribution in [0.25, 0.3) is 98.3 Å². The molecule has 0 atom stereocenters. The lowest BCUT2D eigenvalue weighted by atomic mass is 9.78. The van der Waals surface area contributed by atoms with Crippen molar-refractivity contribution in [2.45, 2.75) is 32.1 Å². The molecule has 3 aromatic heterocycles. The normalized spacial score (nSPS) is 14.5. The van der Waals surface area contributed by atoms with Gasteiger partial charge in [0.1, 0.15) is 0 Å². The standard InChI is InChI=1S/C55H39N3S/c1-55(2)46-21-13-12-20-40(46)41-31-43-42-28-36(22-25-50(42)58(51(43)32-47(41)55)39-18-10-5-11-19-39)37-23-26-52-44(29-37)45-30-38(24-27-53(45)59-52)54-56-48(34-14-6-3-7-15-34)33-49(57-54)35-16-8-4-9-17-35/h3-12,14-20,22-33H,13,21H2,1-2H3. The summed E-state index contributed by atoms with van der Waals surface area (Å²) in [5, 5.41) is 5.05. The minimum absolute atomic E-state index is 0.00629. The van der Waals surface area contributed by atoms with Crippen LogP contribution < -0.4 is 0 Å². The molecular formula is C55H39N3S. The highest BCUT2D eigenvalue weighted by Gasteiger charge is 2.38. The Hall–Kier alpha value is -6.88. The molecule has 0 aliphatic heterocycles. The molecule has 0 fully saturated rings. The summed E-state index contributed by atoms with van der Waals surface area (Å²) in [5.41, 5.74) is 16.9. The van der Waals surface area contributed by atoms with Gasteiger partial charge in [0.15, 0.2) is 5.82 Å². The SMILES string of the molecule is CC1(C)C2=C(C=CCC2)c2cc3c4cc(-c5ccc6sc7ccc(-c8nc(-c9ccccc9)cc(-c9ccccc9)n8)cc7c6c5)ccc4n(-c4ccccc4)c3cc21. The largest absolute Gasteiger partial charge is 0.309 e. The van der Waals surface area contributed by atoms with Gasteiger partial charge in [0.25, 0.3) is 0 Å². The molecule has 0 saturated carbocycles. The molecule has 59 heavy (non-hydrogen) atoms. The van der Waals surface area contributed by atoms with Crippen LogP contribution in [0.5, 0.6) is 0 Å². The van der Waals surface area contributed by atoms with Crippen LogP contribution in [0.3, 0.4) is 0 Å². The third-order valence-corrected chi connectivity index (χ3v) is 13.9. The Morgan fingerprint density at radius 2 is 1.10 bits per heavy atom. The number of allylic oxidation sites excluding steroid dienone is 4. The van der Waals surface area contributed by atoms with Crippen LogP contribution in [-0.2, 0) is 5.41 Å². The van der Waals surface area contributed by atoms with Crippen LogP contribution in [0.15, 0.2) is 182 Å². The highest BCUT2D eigenvalue weighted by Crippen LogP contribution is 2.52. The minimum Gasteiger partial charge on any atom is -0.309 e. The van der Waals surface area contributed by atoms with E-state index in [0.717, 1.165) is 46.7 Å². The van der Waals surface area contributed by atoms with Crippen molar-refractivity contribution in [3.8, 4) is 50.7 Å². The van der Waals surface area contributed by atoms with Gasteiger partial charge in [-0.15, -0.1) is 11.3 Å². The fraction of sp³-hybridized carbons (Fsp3) is 0.0909. The first-order valence-corrected chi connectivity index (χ1v) is 21.4. The highest BCUT2D eigenvalue weighted by molar-refractivity contribution is 7.25. The van der Waals surface area contributed by atoms with Gasteiger partial charge >= 0.3 is 0 Å². The lowest BCUT2D eigenvalue weighted by molar-refractivity contribution is 0.608. The molecule has 0 N–H and O–H groups in total.